The van der Waals surface area contributed by atoms with Crippen LogP contribution < -0.4 is 5.32 Å². The Kier molecular flexibility index (Phi) is 5.96. The molecule has 130 valence electrons. The van der Waals surface area contributed by atoms with Gasteiger partial charge in [-0.15, -0.1) is 0 Å². The third-order valence-electron chi connectivity index (χ3n) is 3.90. The Balaban J connectivity index is 2.23. The average molecular weight is 341 g/mol. The Morgan fingerprint density at radius 1 is 1.00 bits per heavy atom. The molecule has 2 atom stereocenters. The Labute approximate surface area is 138 Å². The molecule has 0 radical (unpaired) electrons. The predicted octanol–water partition coefficient (Wildman–Crippen LogP) is 4.62. The van der Waals surface area contributed by atoms with Gasteiger partial charge in [0.05, 0.1) is 18.2 Å². The quantitative estimate of drug-likeness (QED) is 0.752. The van der Waals surface area contributed by atoms with Crippen LogP contribution >= 0.6 is 0 Å². The topological polar surface area (TPSA) is 32.3 Å². The lowest BCUT2D eigenvalue weighted by Crippen LogP contribution is -2.28. The summed E-state index contributed by atoms with van der Waals surface area (Å²) in [7, 11) is 0. The maximum absolute atomic E-state index is 13.8. The van der Waals surface area contributed by atoms with Crippen molar-refractivity contribution in [2.75, 3.05) is 6.61 Å². The maximum atomic E-state index is 13.8. The monoisotopic (exact) mass is 341 g/mol. The minimum absolute atomic E-state index is 0.177. The van der Waals surface area contributed by atoms with Gasteiger partial charge in [-0.25, -0.2) is 4.39 Å². The molecule has 0 bridgehead atoms. The molecule has 0 saturated carbocycles. The SMILES string of the molecule is CC[C@@H](N[C@@H](CO)c1ccccc1)c1ccc(C(F)(F)F)c(F)c1. The van der Waals surface area contributed by atoms with Crippen LogP contribution in [0.2, 0.25) is 0 Å². The molecule has 0 fully saturated rings. The van der Waals surface area contributed by atoms with Crippen LogP contribution in [-0.2, 0) is 6.18 Å². The molecule has 2 nitrogen and oxygen atoms in total. The van der Waals surface area contributed by atoms with Crippen molar-refractivity contribution in [3.8, 4) is 0 Å². The van der Waals surface area contributed by atoms with Crippen LogP contribution in [0.3, 0.4) is 0 Å². The molecule has 0 aromatic heterocycles. The molecular formula is C18H19F4NO. The van der Waals surface area contributed by atoms with E-state index in [1.165, 1.54) is 6.07 Å². The van der Waals surface area contributed by atoms with Gasteiger partial charge in [0, 0.05) is 6.04 Å². The van der Waals surface area contributed by atoms with Gasteiger partial charge < -0.3 is 10.4 Å². The molecule has 2 N–H and O–H groups in total. The molecule has 0 heterocycles. The van der Waals surface area contributed by atoms with Crippen molar-refractivity contribution in [2.24, 2.45) is 0 Å². The molecule has 2 rings (SSSR count). The number of nitrogens with one attached hydrogen (secondary N) is 1. The van der Waals surface area contributed by atoms with Crippen LogP contribution in [0.1, 0.15) is 42.1 Å². The summed E-state index contributed by atoms with van der Waals surface area (Å²) in [5.74, 6) is -1.29. The van der Waals surface area contributed by atoms with E-state index >= 15 is 0 Å². The molecule has 6 heteroatoms. The van der Waals surface area contributed by atoms with Crippen molar-refractivity contribution < 1.29 is 22.7 Å². The smallest absolute Gasteiger partial charge is 0.394 e. The fourth-order valence-electron chi connectivity index (χ4n) is 2.61. The van der Waals surface area contributed by atoms with Gasteiger partial charge in [-0.05, 0) is 29.7 Å². The number of benzene rings is 2. The van der Waals surface area contributed by atoms with Crippen molar-refractivity contribution in [2.45, 2.75) is 31.6 Å². The van der Waals surface area contributed by atoms with E-state index in [1.54, 1.807) is 0 Å². The molecule has 0 aliphatic rings. The zero-order valence-corrected chi connectivity index (χ0v) is 13.1. The zero-order chi connectivity index (χ0) is 17.7. The molecule has 2 aromatic rings. The van der Waals surface area contributed by atoms with Crippen molar-refractivity contribution >= 4 is 0 Å². The number of hydrogen-bond acceptors (Lipinski definition) is 2. The van der Waals surface area contributed by atoms with Crippen molar-refractivity contribution in [1.82, 2.24) is 5.32 Å². The summed E-state index contributed by atoms with van der Waals surface area (Å²) in [5.41, 5.74) is -0.00825. The minimum Gasteiger partial charge on any atom is -0.394 e. The van der Waals surface area contributed by atoms with E-state index < -0.39 is 17.6 Å². The molecule has 0 unspecified atom stereocenters. The third-order valence-corrected chi connectivity index (χ3v) is 3.90. The van der Waals surface area contributed by atoms with Gasteiger partial charge in [0.25, 0.3) is 0 Å². The molecule has 0 saturated heterocycles. The number of aliphatic hydroxyl groups is 1. The first-order valence-electron chi connectivity index (χ1n) is 7.65. The second kappa shape index (κ2) is 7.77. The number of aliphatic hydroxyl groups excluding tert-OH is 1. The molecule has 24 heavy (non-hydrogen) atoms. The fraction of sp³-hybridized carbons (Fsp3) is 0.333. The molecule has 0 aliphatic carbocycles. The van der Waals surface area contributed by atoms with Gasteiger partial charge in [0.15, 0.2) is 0 Å². The highest BCUT2D eigenvalue weighted by Crippen LogP contribution is 2.33. The van der Waals surface area contributed by atoms with Gasteiger partial charge >= 0.3 is 6.18 Å². The van der Waals surface area contributed by atoms with Crippen molar-refractivity contribution in [1.29, 1.82) is 0 Å². The van der Waals surface area contributed by atoms with Crippen LogP contribution in [0.5, 0.6) is 0 Å². The summed E-state index contributed by atoms with van der Waals surface area (Å²) >= 11 is 0. The van der Waals surface area contributed by atoms with E-state index in [4.69, 9.17) is 0 Å². The van der Waals surface area contributed by atoms with Crippen LogP contribution in [0, 0.1) is 5.82 Å². The Morgan fingerprint density at radius 2 is 1.67 bits per heavy atom. The standard InChI is InChI=1S/C18H19F4NO/c1-2-16(23-17(11-24)12-6-4-3-5-7-12)13-8-9-14(15(19)10-13)18(20,21)22/h3-10,16-17,23-24H,2,11H2,1H3/t16-,17+/m1/s1. The highest BCUT2D eigenvalue weighted by atomic mass is 19.4. The summed E-state index contributed by atoms with van der Waals surface area (Å²) in [6.07, 6.45) is -4.18. The largest absolute Gasteiger partial charge is 0.419 e. The Morgan fingerprint density at radius 3 is 2.17 bits per heavy atom. The average Bonchev–Trinajstić information content (AvgIpc) is 2.55. The normalized spacial score (nSPS) is 14.4. The van der Waals surface area contributed by atoms with Crippen LogP contribution in [-0.4, -0.2) is 11.7 Å². The summed E-state index contributed by atoms with van der Waals surface area (Å²) in [6, 6.07) is 11.4. The van der Waals surface area contributed by atoms with Gasteiger partial charge in [-0.1, -0.05) is 43.3 Å². The Bertz CT molecular complexity index is 658. The van der Waals surface area contributed by atoms with Gasteiger partial charge in [0.2, 0.25) is 0 Å². The highest BCUT2D eigenvalue weighted by molar-refractivity contribution is 5.29. The van der Waals surface area contributed by atoms with E-state index in [2.05, 4.69) is 5.32 Å². The Hall–Kier alpha value is -1.92. The van der Waals surface area contributed by atoms with Crippen LogP contribution in [0.4, 0.5) is 17.6 Å². The number of hydrogen-bond donors (Lipinski definition) is 2. The molecular weight excluding hydrogens is 322 g/mol. The predicted molar refractivity (Wildman–Crippen MR) is 83.8 cm³/mol. The zero-order valence-electron chi connectivity index (χ0n) is 13.1. The number of halogens is 4. The molecule has 0 amide bonds. The van der Waals surface area contributed by atoms with E-state index in [9.17, 15) is 22.7 Å². The second-order valence-corrected chi connectivity index (χ2v) is 5.51. The summed E-state index contributed by atoms with van der Waals surface area (Å²) in [5, 5.41) is 12.8. The van der Waals surface area contributed by atoms with Crippen molar-refractivity contribution in [3.05, 3.63) is 71.0 Å². The lowest BCUT2D eigenvalue weighted by molar-refractivity contribution is -0.140. The van der Waals surface area contributed by atoms with Crippen LogP contribution in [0.15, 0.2) is 48.5 Å². The maximum Gasteiger partial charge on any atom is 0.419 e. The first-order valence-corrected chi connectivity index (χ1v) is 7.65. The lowest BCUT2D eigenvalue weighted by atomic mass is 9.99. The van der Waals surface area contributed by atoms with E-state index in [-0.39, 0.29) is 18.7 Å². The van der Waals surface area contributed by atoms with E-state index in [0.717, 1.165) is 17.7 Å². The summed E-state index contributed by atoms with van der Waals surface area (Å²) < 4.78 is 51.8. The molecule has 2 aromatic carbocycles. The molecule has 0 spiro atoms. The summed E-state index contributed by atoms with van der Waals surface area (Å²) in [6.45, 7) is 1.66. The minimum atomic E-state index is -4.71. The first kappa shape index (κ1) is 18.4. The fourth-order valence-corrected chi connectivity index (χ4v) is 2.61. The van der Waals surface area contributed by atoms with Crippen molar-refractivity contribution in [3.63, 3.8) is 0 Å². The van der Waals surface area contributed by atoms with Gasteiger partial charge in [0.1, 0.15) is 5.82 Å². The summed E-state index contributed by atoms with van der Waals surface area (Å²) in [4.78, 5) is 0. The number of rotatable bonds is 6. The van der Waals surface area contributed by atoms with Gasteiger partial charge in [-0.2, -0.15) is 13.2 Å². The molecule has 0 aliphatic heterocycles. The highest BCUT2D eigenvalue weighted by Gasteiger charge is 2.34. The van der Waals surface area contributed by atoms with Crippen LogP contribution in [0.25, 0.3) is 0 Å². The first-order chi connectivity index (χ1) is 11.4. The van der Waals surface area contributed by atoms with E-state index in [0.29, 0.717) is 12.0 Å². The number of alkyl halides is 3. The second-order valence-electron chi connectivity index (χ2n) is 5.51. The van der Waals surface area contributed by atoms with Gasteiger partial charge in [-0.3, -0.25) is 0 Å². The lowest BCUT2D eigenvalue weighted by Gasteiger charge is -2.25. The third kappa shape index (κ3) is 4.33. The van der Waals surface area contributed by atoms with E-state index in [1.807, 2.05) is 37.3 Å².